The Kier molecular flexibility index (Phi) is 3.99. The van der Waals surface area contributed by atoms with Gasteiger partial charge < -0.3 is 4.57 Å². The first-order valence-electron chi connectivity index (χ1n) is 7.72. The number of nitrogens with zero attached hydrogens (tertiary/aromatic N) is 2. The van der Waals surface area contributed by atoms with Crippen LogP contribution in [0.15, 0.2) is 59.4 Å². The molecule has 0 N–H and O–H groups in total. The van der Waals surface area contributed by atoms with Crippen LogP contribution in [0.2, 0.25) is 0 Å². The zero-order valence-electron chi connectivity index (χ0n) is 13.3. The standard InChI is InChI=1S/C20H18N2O/c1-14(2)16-9-6-10-19-17(11-16)18(12-21)20(23)22(19)13-15-7-4-3-5-8-15/h3-11,14H,13H2,1-2H3. The highest BCUT2D eigenvalue weighted by molar-refractivity contribution is 5.70. The average Bonchev–Trinajstić information content (AvgIpc) is 2.70. The molecule has 0 fully saturated rings. The van der Waals surface area contributed by atoms with Gasteiger partial charge in [-0.1, -0.05) is 56.3 Å². The lowest BCUT2D eigenvalue weighted by molar-refractivity contribution is 0.785. The van der Waals surface area contributed by atoms with Crippen LogP contribution in [0.25, 0.3) is 11.3 Å². The third-order valence-electron chi connectivity index (χ3n) is 4.11. The molecule has 2 aliphatic rings. The molecule has 3 heteroatoms. The van der Waals surface area contributed by atoms with Gasteiger partial charge in [-0.3, -0.25) is 4.79 Å². The average molecular weight is 302 g/mol. The summed E-state index contributed by atoms with van der Waals surface area (Å²) in [6.07, 6.45) is 0. The summed E-state index contributed by atoms with van der Waals surface area (Å²) in [5, 5.41) is 9.44. The van der Waals surface area contributed by atoms with Crippen LogP contribution in [-0.4, -0.2) is 4.57 Å². The Morgan fingerprint density at radius 3 is 2.48 bits per heavy atom. The zero-order chi connectivity index (χ0) is 16.4. The van der Waals surface area contributed by atoms with Crippen LogP contribution in [0.1, 0.15) is 36.5 Å². The highest BCUT2D eigenvalue weighted by Gasteiger charge is 2.20. The number of nitriles is 1. The molecule has 1 aromatic rings. The number of aromatic nitrogens is 1. The number of rotatable bonds is 3. The molecule has 0 aromatic heterocycles. The van der Waals surface area contributed by atoms with Crippen LogP contribution < -0.4 is 5.56 Å². The van der Waals surface area contributed by atoms with E-state index in [1.807, 2.05) is 54.6 Å². The minimum Gasteiger partial charge on any atom is -0.303 e. The molecule has 0 atom stereocenters. The van der Waals surface area contributed by atoms with Crippen molar-refractivity contribution in [3.8, 4) is 17.3 Å². The van der Waals surface area contributed by atoms with Crippen molar-refractivity contribution in [2.24, 2.45) is 0 Å². The Balaban J connectivity index is 2.21. The van der Waals surface area contributed by atoms with Gasteiger partial charge in [0.25, 0.3) is 5.56 Å². The lowest BCUT2D eigenvalue weighted by Crippen LogP contribution is -2.17. The third-order valence-corrected chi connectivity index (χ3v) is 4.11. The van der Waals surface area contributed by atoms with Crippen LogP contribution in [-0.2, 0) is 6.54 Å². The van der Waals surface area contributed by atoms with E-state index < -0.39 is 0 Å². The number of benzene rings is 1. The van der Waals surface area contributed by atoms with Gasteiger partial charge in [-0.05, 0) is 29.2 Å². The van der Waals surface area contributed by atoms with Gasteiger partial charge in [-0.15, -0.1) is 0 Å². The molecule has 0 amide bonds. The maximum absolute atomic E-state index is 12.6. The van der Waals surface area contributed by atoms with Crippen molar-refractivity contribution in [1.29, 1.82) is 5.26 Å². The summed E-state index contributed by atoms with van der Waals surface area (Å²) in [5.41, 5.74) is 3.72. The van der Waals surface area contributed by atoms with E-state index in [1.165, 1.54) is 0 Å². The molecule has 1 aromatic carbocycles. The van der Waals surface area contributed by atoms with Crippen molar-refractivity contribution in [3.05, 3.63) is 81.6 Å². The van der Waals surface area contributed by atoms with Crippen LogP contribution in [0, 0.1) is 11.3 Å². The van der Waals surface area contributed by atoms with Gasteiger partial charge in [0.05, 0.1) is 12.2 Å². The number of fused-ring (bicyclic) bond motifs is 1. The van der Waals surface area contributed by atoms with Crippen molar-refractivity contribution in [2.75, 3.05) is 0 Å². The molecule has 3 nitrogen and oxygen atoms in total. The zero-order valence-corrected chi connectivity index (χ0v) is 13.3. The Hall–Kier alpha value is -2.86. The van der Waals surface area contributed by atoms with E-state index in [-0.39, 0.29) is 11.1 Å². The summed E-state index contributed by atoms with van der Waals surface area (Å²) in [6, 6.07) is 19.8. The molecule has 1 aliphatic heterocycles. The van der Waals surface area contributed by atoms with Crippen molar-refractivity contribution in [2.45, 2.75) is 26.3 Å². The number of hydrogen-bond donors (Lipinski definition) is 0. The highest BCUT2D eigenvalue weighted by atomic mass is 16.1. The first-order valence-corrected chi connectivity index (χ1v) is 7.72. The number of hydrogen-bond acceptors (Lipinski definition) is 2. The predicted octanol–water partition coefficient (Wildman–Crippen LogP) is 4.00. The molecule has 0 unspecified atom stereocenters. The second kappa shape index (κ2) is 6.10. The minimum atomic E-state index is -0.216. The summed E-state index contributed by atoms with van der Waals surface area (Å²) < 4.78 is 1.69. The molecular formula is C20H18N2O. The Labute approximate surface area is 135 Å². The molecule has 23 heavy (non-hydrogen) atoms. The second-order valence-corrected chi connectivity index (χ2v) is 5.99. The van der Waals surface area contributed by atoms with Crippen molar-refractivity contribution >= 4 is 0 Å². The van der Waals surface area contributed by atoms with Crippen molar-refractivity contribution in [3.63, 3.8) is 0 Å². The predicted molar refractivity (Wildman–Crippen MR) is 91.7 cm³/mol. The van der Waals surface area contributed by atoms with Gasteiger partial charge in [0.15, 0.2) is 0 Å². The van der Waals surface area contributed by atoms with Crippen LogP contribution in [0.3, 0.4) is 0 Å². The first kappa shape index (κ1) is 15.1. The fraction of sp³-hybridized carbons (Fsp3) is 0.200. The monoisotopic (exact) mass is 302 g/mol. The van der Waals surface area contributed by atoms with E-state index >= 15 is 0 Å². The van der Waals surface area contributed by atoms with E-state index in [9.17, 15) is 10.1 Å². The molecular weight excluding hydrogens is 284 g/mol. The van der Waals surface area contributed by atoms with Gasteiger partial charge in [0.1, 0.15) is 11.6 Å². The van der Waals surface area contributed by atoms with E-state index in [0.717, 1.165) is 22.4 Å². The largest absolute Gasteiger partial charge is 0.303 e. The smallest absolute Gasteiger partial charge is 0.269 e. The van der Waals surface area contributed by atoms with Crippen LogP contribution in [0.5, 0.6) is 0 Å². The molecule has 0 saturated heterocycles. The Morgan fingerprint density at radius 1 is 1.09 bits per heavy atom. The van der Waals surface area contributed by atoms with Gasteiger partial charge >= 0.3 is 0 Å². The summed E-state index contributed by atoms with van der Waals surface area (Å²) in [7, 11) is 0. The summed E-state index contributed by atoms with van der Waals surface area (Å²) in [6.45, 7) is 4.68. The fourth-order valence-electron chi connectivity index (χ4n) is 2.81. The van der Waals surface area contributed by atoms with Gasteiger partial charge in [-0.25, -0.2) is 0 Å². The minimum absolute atomic E-state index is 0.216. The fourth-order valence-corrected chi connectivity index (χ4v) is 2.81. The van der Waals surface area contributed by atoms with Crippen LogP contribution in [0.4, 0.5) is 0 Å². The maximum atomic E-state index is 12.6. The normalized spacial score (nSPS) is 10.9. The second-order valence-electron chi connectivity index (χ2n) is 5.99. The van der Waals surface area contributed by atoms with Crippen molar-refractivity contribution < 1.29 is 0 Å². The molecule has 114 valence electrons. The van der Waals surface area contributed by atoms with Crippen LogP contribution >= 0.6 is 0 Å². The van der Waals surface area contributed by atoms with Gasteiger partial charge in [-0.2, -0.15) is 5.26 Å². The SMILES string of the molecule is CC(C)c1cccc2n(Cc3ccccc3)c(=O)c(C#N)c-2c1. The molecule has 3 rings (SSSR count). The Morgan fingerprint density at radius 2 is 1.83 bits per heavy atom. The highest BCUT2D eigenvalue weighted by Crippen LogP contribution is 2.27. The molecule has 0 bridgehead atoms. The van der Waals surface area contributed by atoms with E-state index in [2.05, 4.69) is 19.9 Å². The van der Waals surface area contributed by atoms with E-state index in [4.69, 9.17) is 0 Å². The first-order chi connectivity index (χ1) is 11.1. The lowest BCUT2D eigenvalue weighted by Gasteiger charge is -2.06. The topological polar surface area (TPSA) is 45.8 Å². The summed E-state index contributed by atoms with van der Waals surface area (Å²) >= 11 is 0. The third kappa shape index (κ3) is 2.76. The summed E-state index contributed by atoms with van der Waals surface area (Å²) in [5.74, 6) is 0.338. The van der Waals surface area contributed by atoms with Gasteiger partial charge in [0, 0.05) is 5.56 Å². The Bertz CT molecular complexity index is 901. The lowest BCUT2D eigenvalue weighted by atomic mass is 10.0. The van der Waals surface area contributed by atoms with Gasteiger partial charge in [0.2, 0.25) is 0 Å². The summed E-state index contributed by atoms with van der Waals surface area (Å²) in [4.78, 5) is 12.6. The van der Waals surface area contributed by atoms with Crippen molar-refractivity contribution in [1.82, 2.24) is 4.57 Å². The molecule has 0 radical (unpaired) electrons. The van der Waals surface area contributed by atoms with E-state index in [1.54, 1.807) is 4.57 Å². The molecule has 0 spiro atoms. The molecule has 1 aliphatic carbocycles. The van der Waals surface area contributed by atoms with E-state index in [0.29, 0.717) is 12.5 Å². The molecule has 1 heterocycles. The molecule has 0 saturated carbocycles. The maximum Gasteiger partial charge on any atom is 0.269 e. The quantitative estimate of drug-likeness (QED) is 0.734.